The summed E-state index contributed by atoms with van der Waals surface area (Å²) in [6, 6.07) is 17.5. The van der Waals surface area contributed by atoms with E-state index < -0.39 is 17.8 Å². The molecule has 0 fully saturated rings. The number of nitrogens with one attached hydrogen (secondary N) is 1. The van der Waals surface area contributed by atoms with Crippen molar-refractivity contribution in [2.45, 2.75) is 4.90 Å². The molecule has 0 aliphatic rings. The van der Waals surface area contributed by atoms with Crippen molar-refractivity contribution in [2.75, 3.05) is 0 Å². The minimum atomic E-state index is -4.56. The van der Waals surface area contributed by atoms with E-state index in [0.29, 0.717) is 5.02 Å². The third kappa shape index (κ3) is 5.66. The molecule has 0 aromatic heterocycles. The summed E-state index contributed by atoms with van der Waals surface area (Å²) in [5, 5.41) is 0.564. The van der Waals surface area contributed by atoms with Gasteiger partial charge < -0.3 is 9.05 Å². The molecule has 29 heavy (non-hydrogen) atoms. The molecule has 0 saturated heterocycles. The summed E-state index contributed by atoms with van der Waals surface area (Å²) < 4.78 is 51.7. The molecule has 3 rings (SSSR count). The van der Waals surface area contributed by atoms with Gasteiger partial charge in [-0.3, -0.25) is 0 Å². The van der Waals surface area contributed by atoms with Crippen molar-refractivity contribution in [3.05, 3.63) is 87.9 Å². The maximum atomic E-state index is 13.4. The standard InChI is InChI=1S/C18H13Cl3NO5PS/c19-13-9-11-14(12-10-13)29(24,25)22-28(23,26-17-7-3-1-5-15(17)20)27-18-8-4-2-6-16(18)21/h1-12H,(H,22,23). The van der Waals surface area contributed by atoms with Crippen LogP contribution in [0.25, 0.3) is 0 Å². The Morgan fingerprint density at radius 2 is 1.17 bits per heavy atom. The van der Waals surface area contributed by atoms with Gasteiger partial charge in [-0.15, -0.1) is 0 Å². The highest BCUT2D eigenvalue weighted by Crippen LogP contribution is 2.49. The lowest BCUT2D eigenvalue weighted by Gasteiger charge is -2.21. The highest BCUT2D eigenvalue weighted by atomic mass is 35.5. The molecule has 0 heterocycles. The van der Waals surface area contributed by atoms with Gasteiger partial charge in [0.25, 0.3) is 10.0 Å². The first-order valence-electron chi connectivity index (χ1n) is 7.96. The molecule has 0 bridgehead atoms. The summed E-state index contributed by atoms with van der Waals surface area (Å²) in [5.74, 6) is -0.0771. The van der Waals surface area contributed by atoms with Gasteiger partial charge in [0.1, 0.15) is 11.5 Å². The summed E-state index contributed by atoms with van der Waals surface area (Å²) in [7, 11) is -8.86. The fourth-order valence-electron chi connectivity index (χ4n) is 2.17. The third-order valence-corrected chi connectivity index (χ3v) is 7.97. The lowest BCUT2D eigenvalue weighted by Crippen LogP contribution is -2.26. The molecule has 0 spiro atoms. The van der Waals surface area contributed by atoms with Gasteiger partial charge in [0.05, 0.1) is 14.9 Å². The molecule has 3 aromatic carbocycles. The van der Waals surface area contributed by atoms with Crippen LogP contribution in [0.4, 0.5) is 0 Å². The number of benzene rings is 3. The van der Waals surface area contributed by atoms with Gasteiger partial charge in [-0.2, -0.15) is 0 Å². The Morgan fingerprint density at radius 3 is 1.62 bits per heavy atom. The van der Waals surface area contributed by atoms with Crippen molar-refractivity contribution in [3.8, 4) is 11.5 Å². The zero-order chi connectivity index (χ0) is 21.1. The molecular formula is C18H13Cl3NO5PS. The van der Waals surface area contributed by atoms with Crippen LogP contribution >= 0.6 is 42.5 Å². The van der Waals surface area contributed by atoms with Crippen molar-refractivity contribution in [1.29, 1.82) is 0 Å². The number of sulfonamides is 1. The van der Waals surface area contributed by atoms with E-state index in [9.17, 15) is 13.0 Å². The first kappa shape index (κ1) is 22.0. The van der Waals surface area contributed by atoms with Crippen molar-refractivity contribution in [3.63, 3.8) is 0 Å². The smallest absolute Gasteiger partial charge is 0.402 e. The van der Waals surface area contributed by atoms with Crippen LogP contribution in [-0.4, -0.2) is 8.42 Å². The molecular weight excluding hydrogens is 480 g/mol. The molecule has 1 N–H and O–H groups in total. The van der Waals surface area contributed by atoms with E-state index >= 15 is 0 Å². The van der Waals surface area contributed by atoms with Crippen molar-refractivity contribution < 1.29 is 22.0 Å². The lowest BCUT2D eigenvalue weighted by atomic mass is 10.3. The summed E-state index contributed by atoms with van der Waals surface area (Å²) in [6.45, 7) is 0. The molecule has 0 atom stereocenters. The van der Waals surface area contributed by atoms with Gasteiger partial charge in [-0.05, 0) is 48.5 Å². The molecule has 0 saturated carbocycles. The topological polar surface area (TPSA) is 81.7 Å². The van der Waals surface area contributed by atoms with E-state index in [1.807, 2.05) is 4.49 Å². The highest BCUT2D eigenvalue weighted by molar-refractivity contribution is 7.94. The van der Waals surface area contributed by atoms with Crippen LogP contribution in [0.1, 0.15) is 0 Å². The van der Waals surface area contributed by atoms with E-state index in [2.05, 4.69) is 0 Å². The monoisotopic (exact) mass is 491 g/mol. The Labute approximate surface area is 183 Å². The van der Waals surface area contributed by atoms with Crippen LogP contribution in [0, 0.1) is 0 Å². The Morgan fingerprint density at radius 1 is 0.724 bits per heavy atom. The zero-order valence-electron chi connectivity index (χ0n) is 14.5. The summed E-state index contributed by atoms with van der Waals surface area (Å²) in [5.41, 5.74) is 0. The SMILES string of the molecule is O=P(NS(=O)(=O)c1ccc(Cl)cc1)(Oc1ccccc1Cl)Oc1ccccc1Cl. The van der Waals surface area contributed by atoms with Crippen LogP contribution in [-0.2, 0) is 14.6 Å². The normalized spacial score (nSPS) is 11.8. The molecule has 0 amide bonds. The second-order valence-electron chi connectivity index (χ2n) is 5.59. The van der Waals surface area contributed by atoms with Gasteiger partial charge in [-0.25, -0.2) is 13.0 Å². The Bertz CT molecular complexity index is 1120. The van der Waals surface area contributed by atoms with E-state index in [1.54, 1.807) is 24.3 Å². The molecule has 152 valence electrons. The van der Waals surface area contributed by atoms with Gasteiger partial charge in [0.2, 0.25) is 0 Å². The average Bonchev–Trinajstić information content (AvgIpc) is 2.65. The molecule has 0 aliphatic heterocycles. The maximum absolute atomic E-state index is 13.4. The lowest BCUT2D eigenvalue weighted by molar-refractivity contribution is 0.381. The van der Waals surface area contributed by atoms with Crippen LogP contribution < -0.4 is 13.5 Å². The number of hydrogen-bond acceptors (Lipinski definition) is 5. The quantitative estimate of drug-likeness (QED) is 0.398. The first-order chi connectivity index (χ1) is 13.7. The average molecular weight is 493 g/mol. The number of halogens is 3. The largest absolute Gasteiger partial charge is 0.526 e. The van der Waals surface area contributed by atoms with Crippen molar-refractivity contribution >= 4 is 52.6 Å². The fourth-order valence-corrected chi connectivity index (χ4v) is 6.01. The third-order valence-electron chi connectivity index (χ3n) is 3.47. The van der Waals surface area contributed by atoms with E-state index in [4.69, 9.17) is 43.9 Å². The second-order valence-corrected chi connectivity index (χ2v) is 10.4. The summed E-state index contributed by atoms with van der Waals surface area (Å²) in [6.07, 6.45) is 0. The second kappa shape index (κ2) is 8.96. The minimum absolute atomic E-state index is 0.0386. The van der Waals surface area contributed by atoms with Crippen LogP contribution in [0.15, 0.2) is 77.7 Å². The molecule has 11 heteroatoms. The molecule has 0 unspecified atom stereocenters. The molecule has 0 aliphatic carbocycles. The van der Waals surface area contributed by atoms with Gasteiger partial charge in [0, 0.05) is 5.02 Å². The fraction of sp³-hybridized carbons (Fsp3) is 0. The van der Waals surface area contributed by atoms with E-state index in [1.165, 1.54) is 48.5 Å². The highest BCUT2D eigenvalue weighted by Gasteiger charge is 2.36. The van der Waals surface area contributed by atoms with Gasteiger partial charge in [0.15, 0.2) is 0 Å². The predicted molar refractivity (Wildman–Crippen MR) is 114 cm³/mol. The van der Waals surface area contributed by atoms with Crippen molar-refractivity contribution in [1.82, 2.24) is 4.49 Å². The van der Waals surface area contributed by atoms with Crippen LogP contribution in [0.3, 0.4) is 0 Å². The van der Waals surface area contributed by atoms with Gasteiger partial charge >= 0.3 is 7.75 Å². The number of para-hydroxylation sites is 2. The Balaban J connectivity index is 2.00. The summed E-state index contributed by atoms with van der Waals surface area (Å²) in [4.78, 5) is -0.187. The van der Waals surface area contributed by atoms with Crippen LogP contribution in [0.5, 0.6) is 11.5 Å². The zero-order valence-corrected chi connectivity index (χ0v) is 18.4. The minimum Gasteiger partial charge on any atom is -0.402 e. The summed E-state index contributed by atoms with van der Waals surface area (Å²) >= 11 is 17.9. The molecule has 3 aromatic rings. The maximum Gasteiger partial charge on any atom is 0.526 e. The van der Waals surface area contributed by atoms with E-state index in [-0.39, 0.29) is 26.4 Å². The van der Waals surface area contributed by atoms with E-state index in [0.717, 1.165) is 0 Å². The first-order valence-corrected chi connectivity index (χ1v) is 12.1. The molecule has 0 radical (unpaired) electrons. The number of hydrogen-bond donors (Lipinski definition) is 1. The Hall–Kier alpha value is -1.73. The number of rotatable bonds is 7. The predicted octanol–water partition coefficient (Wildman–Crippen LogP) is 6.19. The Kier molecular flexibility index (Phi) is 6.79. The van der Waals surface area contributed by atoms with Crippen LogP contribution in [0.2, 0.25) is 15.1 Å². The van der Waals surface area contributed by atoms with Gasteiger partial charge in [-0.1, -0.05) is 63.6 Å². The molecule has 6 nitrogen and oxygen atoms in total. The van der Waals surface area contributed by atoms with Crippen molar-refractivity contribution in [2.24, 2.45) is 0 Å².